The summed E-state index contributed by atoms with van der Waals surface area (Å²) >= 11 is 0. The number of aliphatic hydroxyl groups is 1. The summed E-state index contributed by atoms with van der Waals surface area (Å²) in [5, 5.41) is 13.8. The maximum atomic E-state index is 10.2. The lowest BCUT2D eigenvalue weighted by Crippen LogP contribution is -2.20. The Labute approximate surface area is 206 Å². The molecular formula is C31H42N2O. The molecule has 182 valence electrons. The maximum absolute atomic E-state index is 10.2. The molecule has 3 nitrogen and oxygen atoms in total. The Kier molecular flexibility index (Phi) is 8.61. The molecule has 1 heterocycles. The molecule has 0 aliphatic rings. The molecule has 0 saturated carbocycles. The van der Waals surface area contributed by atoms with Gasteiger partial charge < -0.3 is 15.0 Å². The Morgan fingerprint density at radius 3 is 2.21 bits per heavy atom. The van der Waals surface area contributed by atoms with Crippen LogP contribution < -0.4 is 5.32 Å². The van der Waals surface area contributed by atoms with Crippen molar-refractivity contribution in [2.45, 2.75) is 67.3 Å². The van der Waals surface area contributed by atoms with Gasteiger partial charge in [0.25, 0.3) is 0 Å². The van der Waals surface area contributed by atoms with E-state index >= 15 is 0 Å². The van der Waals surface area contributed by atoms with Crippen LogP contribution in [-0.2, 0) is 0 Å². The van der Waals surface area contributed by atoms with Crippen LogP contribution in [0.4, 0.5) is 0 Å². The summed E-state index contributed by atoms with van der Waals surface area (Å²) < 4.78 is 1.92. The number of hydrogen-bond acceptors (Lipinski definition) is 2. The van der Waals surface area contributed by atoms with E-state index in [1.807, 2.05) is 30.7 Å². The highest BCUT2D eigenvalue weighted by Crippen LogP contribution is 2.32. The van der Waals surface area contributed by atoms with Crippen LogP contribution in [0, 0.1) is 26.2 Å². The molecule has 0 radical (unpaired) electrons. The lowest BCUT2D eigenvalue weighted by atomic mass is 9.84. The first-order valence-corrected chi connectivity index (χ1v) is 11.9. The molecule has 2 N–H and O–H groups in total. The number of benzene rings is 1. The third-order valence-corrected chi connectivity index (χ3v) is 5.94. The molecule has 0 aliphatic heterocycles. The second-order valence-electron chi connectivity index (χ2n) is 10.5. The predicted octanol–water partition coefficient (Wildman–Crippen LogP) is 8.59. The van der Waals surface area contributed by atoms with E-state index in [-0.39, 0.29) is 17.2 Å². The third-order valence-electron chi connectivity index (χ3n) is 5.94. The summed E-state index contributed by atoms with van der Waals surface area (Å²) in [6, 6.07) is 8.75. The van der Waals surface area contributed by atoms with Crippen molar-refractivity contribution in [3.8, 4) is 0 Å². The number of rotatable bonds is 10. The molecule has 0 saturated heterocycles. The molecule has 0 unspecified atom stereocenters. The minimum absolute atomic E-state index is 0.0126. The zero-order valence-corrected chi connectivity index (χ0v) is 22.2. The second-order valence-corrected chi connectivity index (χ2v) is 10.5. The molecule has 34 heavy (non-hydrogen) atoms. The smallest absolute Gasteiger partial charge is 0.132 e. The largest absolute Gasteiger partial charge is 0.506 e. The minimum atomic E-state index is -0.0126. The van der Waals surface area contributed by atoms with Crippen molar-refractivity contribution in [2.24, 2.45) is 5.41 Å². The fourth-order valence-corrected chi connectivity index (χ4v) is 4.31. The summed E-state index contributed by atoms with van der Waals surface area (Å²) in [7, 11) is 0. The third kappa shape index (κ3) is 6.90. The molecule has 1 aromatic carbocycles. The minimum Gasteiger partial charge on any atom is -0.506 e. The summed E-state index contributed by atoms with van der Waals surface area (Å²) in [5.41, 5.74) is 9.16. The number of allylic oxidation sites excluding steroid dienone is 3. The fourth-order valence-electron chi connectivity index (χ4n) is 4.31. The van der Waals surface area contributed by atoms with Crippen LogP contribution in [0.2, 0.25) is 0 Å². The van der Waals surface area contributed by atoms with Crippen LogP contribution in [0.15, 0.2) is 79.9 Å². The van der Waals surface area contributed by atoms with E-state index in [4.69, 9.17) is 0 Å². The van der Waals surface area contributed by atoms with Crippen molar-refractivity contribution in [3.63, 3.8) is 0 Å². The van der Waals surface area contributed by atoms with Gasteiger partial charge in [0.15, 0.2) is 0 Å². The Morgan fingerprint density at radius 2 is 1.74 bits per heavy atom. The van der Waals surface area contributed by atoms with Gasteiger partial charge in [-0.25, -0.2) is 0 Å². The summed E-state index contributed by atoms with van der Waals surface area (Å²) in [6.07, 6.45) is 5.65. The first-order chi connectivity index (χ1) is 15.7. The Bertz CT molecular complexity index is 1130. The average Bonchev–Trinajstić information content (AvgIpc) is 3.05. The van der Waals surface area contributed by atoms with Crippen molar-refractivity contribution < 1.29 is 5.11 Å². The number of nitrogens with one attached hydrogen (secondary N) is 1. The van der Waals surface area contributed by atoms with E-state index in [0.717, 1.165) is 24.1 Å². The van der Waals surface area contributed by atoms with Gasteiger partial charge in [0.2, 0.25) is 0 Å². The number of aromatic nitrogens is 1. The molecule has 0 spiro atoms. The predicted molar refractivity (Wildman–Crippen MR) is 149 cm³/mol. The molecule has 1 aromatic heterocycles. The van der Waals surface area contributed by atoms with Gasteiger partial charge in [-0.15, -0.1) is 0 Å². The number of aliphatic hydroxyl groups excluding tert-OH is 1. The summed E-state index contributed by atoms with van der Waals surface area (Å²) in [6.45, 7) is 31.5. The maximum Gasteiger partial charge on any atom is 0.132 e. The normalized spacial score (nSPS) is 12.9. The fraction of sp³-hybridized carbons (Fsp3) is 0.355. The number of aryl methyl sites for hydroxylation is 3. The van der Waals surface area contributed by atoms with E-state index in [0.29, 0.717) is 17.0 Å². The van der Waals surface area contributed by atoms with Crippen molar-refractivity contribution in [1.82, 2.24) is 9.88 Å². The van der Waals surface area contributed by atoms with Crippen LogP contribution in [0.3, 0.4) is 0 Å². The lowest BCUT2D eigenvalue weighted by Gasteiger charge is -2.24. The van der Waals surface area contributed by atoms with Gasteiger partial charge in [-0.1, -0.05) is 72.2 Å². The van der Waals surface area contributed by atoms with E-state index in [1.54, 1.807) is 0 Å². The van der Waals surface area contributed by atoms with Gasteiger partial charge in [0, 0.05) is 17.6 Å². The highest BCUT2D eigenvalue weighted by molar-refractivity contribution is 5.68. The zero-order chi connectivity index (χ0) is 25.8. The van der Waals surface area contributed by atoms with Crippen LogP contribution in [0.25, 0.3) is 11.3 Å². The van der Waals surface area contributed by atoms with Gasteiger partial charge in [-0.05, 0) is 84.6 Å². The summed E-state index contributed by atoms with van der Waals surface area (Å²) in [4.78, 5) is 0. The van der Waals surface area contributed by atoms with Crippen molar-refractivity contribution >= 4 is 11.3 Å². The van der Waals surface area contributed by atoms with Gasteiger partial charge in [0.1, 0.15) is 5.76 Å². The first kappa shape index (κ1) is 27.0. The van der Waals surface area contributed by atoms with Gasteiger partial charge in [0.05, 0.1) is 11.7 Å². The first-order valence-electron chi connectivity index (χ1n) is 11.9. The molecule has 0 amide bonds. The number of nitrogens with zero attached hydrogens (tertiary/aromatic N) is 1. The van der Waals surface area contributed by atoms with Crippen molar-refractivity contribution in [2.75, 3.05) is 0 Å². The lowest BCUT2D eigenvalue weighted by molar-refractivity contribution is 0.427. The van der Waals surface area contributed by atoms with Gasteiger partial charge >= 0.3 is 0 Å². The SMILES string of the molecule is C=C(/C=C(/C(=C)O)n1cc(C)cc1C)C(=C)N[C@@H](CC)c1ccc(C(=C)CC(C)(C)C)c(C)c1. The molecule has 2 aromatic rings. The summed E-state index contributed by atoms with van der Waals surface area (Å²) in [5.74, 6) is -0.0126. The number of hydrogen-bond donors (Lipinski definition) is 2. The Balaban J connectivity index is 2.23. The highest BCUT2D eigenvalue weighted by atomic mass is 16.3. The monoisotopic (exact) mass is 458 g/mol. The molecule has 2 rings (SSSR count). The Hall–Kier alpha value is -3.20. The van der Waals surface area contributed by atoms with E-state index in [2.05, 4.69) is 90.5 Å². The standard InChI is InChI=1S/C31H42N2O/c1-12-29(27-13-14-28(22(4)16-27)23(5)18-31(9,10)11)32-25(7)21(3)17-30(26(8)34)33-19-20(2)15-24(33)6/h13-17,19,29,32,34H,3,5,7-8,12,18H2,1-2,4,6,9-11H3/b30-17-/t29-/m0/s1. The van der Waals surface area contributed by atoms with Crippen molar-refractivity contribution in [1.29, 1.82) is 0 Å². The quantitative estimate of drug-likeness (QED) is 0.276. The topological polar surface area (TPSA) is 37.2 Å². The molecule has 0 fully saturated rings. The molecular weight excluding hydrogens is 416 g/mol. The van der Waals surface area contributed by atoms with E-state index < -0.39 is 0 Å². The molecule has 1 atom stereocenters. The van der Waals surface area contributed by atoms with Crippen LogP contribution >= 0.6 is 0 Å². The van der Waals surface area contributed by atoms with E-state index in [9.17, 15) is 5.11 Å². The zero-order valence-electron chi connectivity index (χ0n) is 22.2. The van der Waals surface area contributed by atoms with E-state index in [1.165, 1.54) is 22.3 Å². The molecule has 0 aliphatic carbocycles. The van der Waals surface area contributed by atoms with Crippen LogP contribution in [0.1, 0.15) is 74.5 Å². The van der Waals surface area contributed by atoms with Gasteiger partial charge in [-0.2, -0.15) is 0 Å². The Morgan fingerprint density at radius 1 is 1.09 bits per heavy atom. The molecule has 0 bridgehead atoms. The average molecular weight is 459 g/mol. The molecule has 3 heteroatoms. The highest BCUT2D eigenvalue weighted by Gasteiger charge is 2.17. The van der Waals surface area contributed by atoms with Crippen LogP contribution in [-0.4, -0.2) is 9.67 Å². The second kappa shape index (κ2) is 10.8. The van der Waals surface area contributed by atoms with Gasteiger partial charge in [-0.3, -0.25) is 0 Å². The van der Waals surface area contributed by atoms with Crippen LogP contribution in [0.5, 0.6) is 0 Å². The van der Waals surface area contributed by atoms with Crippen molar-refractivity contribution in [3.05, 3.63) is 108 Å².